The number of pyridine rings is 1. The first-order chi connectivity index (χ1) is 21.4. The van der Waals surface area contributed by atoms with Crippen LogP contribution in [-0.2, 0) is 18.5 Å². The van der Waals surface area contributed by atoms with E-state index in [0.717, 1.165) is 28.0 Å². The summed E-state index contributed by atoms with van der Waals surface area (Å²) < 4.78 is 81.5. The molecule has 0 unspecified atom stereocenters. The maximum atomic E-state index is 14.2. The van der Waals surface area contributed by atoms with Crippen LogP contribution in [0.5, 0.6) is 5.75 Å². The molecule has 0 aliphatic carbocycles. The SMILES string of the molecule is Cc1c(O)c(N2CCCN(CC(F)(F)F)C2=O)cc2c1CN(C(=O)c1c(Sc3c(Cl)ccc(F)c3Cl)cc(C(F)(F)Cl)[nH]c1=O)C2. The second kappa shape index (κ2) is 12.4. The summed E-state index contributed by atoms with van der Waals surface area (Å²) in [6.07, 6.45) is -4.43. The van der Waals surface area contributed by atoms with Gasteiger partial charge in [-0.1, -0.05) is 35.0 Å². The molecule has 2 aromatic carbocycles. The van der Waals surface area contributed by atoms with Gasteiger partial charge in [-0.25, -0.2) is 9.18 Å². The summed E-state index contributed by atoms with van der Waals surface area (Å²) in [6, 6.07) is 3.29. The molecular formula is C28H21Cl3F6N4O4S. The Morgan fingerprint density at radius 3 is 2.43 bits per heavy atom. The number of halogens is 9. The molecule has 0 saturated carbocycles. The normalized spacial score (nSPS) is 15.5. The van der Waals surface area contributed by atoms with Crippen molar-refractivity contribution >= 4 is 64.2 Å². The highest BCUT2D eigenvalue weighted by Gasteiger charge is 2.39. The molecule has 3 heterocycles. The molecule has 1 fully saturated rings. The van der Waals surface area contributed by atoms with E-state index in [2.05, 4.69) is 0 Å². The number of benzene rings is 2. The Labute approximate surface area is 275 Å². The number of carbonyl (C=O) groups is 2. The zero-order valence-corrected chi connectivity index (χ0v) is 26.5. The van der Waals surface area contributed by atoms with Crippen molar-refractivity contribution in [3.05, 3.63) is 78.4 Å². The van der Waals surface area contributed by atoms with Crippen LogP contribution in [-0.4, -0.2) is 57.6 Å². The molecule has 0 bridgehead atoms. The first kappa shape index (κ1) is 34.1. The van der Waals surface area contributed by atoms with Gasteiger partial charge in [0.2, 0.25) is 0 Å². The van der Waals surface area contributed by atoms with Crippen LogP contribution in [0, 0.1) is 12.7 Å². The lowest BCUT2D eigenvalue weighted by Crippen LogP contribution is -2.52. The van der Waals surface area contributed by atoms with Crippen molar-refractivity contribution in [2.75, 3.05) is 24.5 Å². The van der Waals surface area contributed by atoms with Gasteiger partial charge in [-0.3, -0.25) is 14.5 Å². The van der Waals surface area contributed by atoms with Crippen molar-refractivity contribution in [2.24, 2.45) is 0 Å². The molecule has 5 rings (SSSR count). The van der Waals surface area contributed by atoms with Gasteiger partial charge in [0.15, 0.2) is 0 Å². The van der Waals surface area contributed by atoms with Crippen molar-refractivity contribution in [3.63, 3.8) is 0 Å². The molecular weight excluding hydrogens is 709 g/mol. The van der Waals surface area contributed by atoms with E-state index in [9.17, 15) is 45.8 Å². The molecule has 18 heteroatoms. The fourth-order valence-electron chi connectivity index (χ4n) is 5.27. The van der Waals surface area contributed by atoms with Crippen LogP contribution in [0.25, 0.3) is 0 Å². The molecule has 1 aromatic heterocycles. The summed E-state index contributed by atoms with van der Waals surface area (Å²) in [5, 5.41) is 6.36. The highest BCUT2D eigenvalue weighted by Crippen LogP contribution is 2.44. The van der Waals surface area contributed by atoms with Gasteiger partial charge in [0.25, 0.3) is 11.5 Å². The Bertz CT molecular complexity index is 1820. The fourth-order valence-corrected chi connectivity index (χ4v) is 7.00. The van der Waals surface area contributed by atoms with E-state index in [1.54, 1.807) is 0 Å². The number of H-pyrrole nitrogens is 1. The van der Waals surface area contributed by atoms with Crippen LogP contribution >= 0.6 is 46.6 Å². The molecule has 8 nitrogen and oxygen atoms in total. The second-order valence-corrected chi connectivity index (χ2v) is 12.8. The minimum Gasteiger partial charge on any atom is -0.505 e. The number of hydrogen-bond acceptors (Lipinski definition) is 5. The third-order valence-electron chi connectivity index (χ3n) is 7.45. The maximum absolute atomic E-state index is 14.2. The van der Waals surface area contributed by atoms with E-state index in [1.165, 1.54) is 13.0 Å². The highest BCUT2D eigenvalue weighted by molar-refractivity contribution is 7.99. The summed E-state index contributed by atoms with van der Waals surface area (Å²) in [5.41, 5.74) is -1.86. The lowest BCUT2D eigenvalue weighted by molar-refractivity contribution is -0.140. The van der Waals surface area contributed by atoms with Gasteiger partial charge >= 0.3 is 17.6 Å². The van der Waals surface area contributed by atoms with Gasteiger partial charge < -0.3 is 19.9 Å². The minimum atomic E-state index is -4.63. The zero-order valence-electron chi connectivity index (χ0n) is 23.4. The lowest BCUT2D eigenvalue weighted by atomic mass is 10.0. The molecule has 0 spiro atoms. The zero-order chi connectivity index (χ0) is 33.9. The van der Waals surface area contributed by atoms with Gasteiger partial charge in [-0.2, -0.15) is 22.0 Å². The molecule has 0 atom stereocenters. The number of aromatic nitrogens is 1. The number of aromatic amines is 1. The number of phenols is 1. The van der Waals surface area contributed by atoms with Crippen LogP contribution in [0.1, 0.15) is 39.2 Å². The van der Waals surface area contributed by atoms with Crippen molar-refractivity contribution in [2.45, 2.75) is 47.8 Å². The Hall–Kier alpha value is -3.27. The molecule has 2 aliphatic rings. The monoisotopic (exact) mass is 728 g/mol. The molecule has 46 heavy (non-hydrogen) atoms. The first-order valence-corrected chi connectivity index (χ1v) is 15.2. The van der Waals surface area contributed by atoms with Crippen LogP contribution in [0.4, 0.5) is 36.8 Å². The topological polar surface area (TPSA) is 96.9 Å². The third kappa shape index (κ3) is 6.60. The van der Waals surface area contributed by atoms with Crippen molar-refractivity contribution in [1.29, 1.82) is 0 Å². The van der Waals surface area contributed by atoms with Crippen molar-refractivity contribution < 1.29 is 41.0 Å². The summed E-state index contributed by atoms with van der Waals surface area (Å²) in [7, 11) is 0. The molecule has 0 radical (unpaired) electrons. The number of hydrogen-bond donors (Lipinski definition) is 2. The number of urea groups is 1. The Balaban J connectivity index is 1.51. The van der Waals surface area contributed by atoms with Gasteiger partial charge in [-0.15, -0.1) is 0 Å². The summed E-state index contributed by atoms with van der Waals surface area (Å²) >= 11 is 17.9. The number of nitrogens with zero attached hydrogens (tertiary/aromatic N) is 3. The van der Waals surface area contributed by atoms with Gasteiger partial charge in [0.05, 0.1) is 20.6 Å². The summed E-state index contributed by atoms with van der Waals surface area (Å²) in [5.74, 6) is -2.23. The smallest absolute Gasteiger partial charge is 0.406 e. The van der Waals surface area contributed by atoms with Crippen molar-refractivity contribution in [3.8, 4) is 5.75 Å². The number of alkyl halides is 6. The molecule has 3 amide bonds. The average molecular weight is 730 g/mol. The number of carbonyl (C=O) groups excluding carboxylic acids is 2. The predicted octanol–water partition coefficient (Wildman–Crippen LogP) is 7.62. The number of nitrogens with one attached hydrogen (secondary N) is 1. The number of rotatable bonds is 6. The number of amides is 3. The number of fused-ring (bicyclic) bond motifs is 1. The quantitative estimate of drug-likeness (QED) is 0.155. The second-order valence-electron chi connectivity index (χ2n) is 10.5. The maximum Gasteiger partial charge on any atom is 0.406 e. The minimum absolute atomic E-state index is 0.0281. The van der Waals surface area contributed by atoms with Crippen LogP contribution in [0.15, 0.2) is 38.9 Å². The fraction of sp³-hybridized carbons (Fsp3) is 0.321. The predicted molar refractivity (Wildman–Crippen MR) is 159 cm³/mol. The first-order valence-electron chi connectivity index (χ1n) is 13.3. The van der Waals surface area contributed by atoms with E-state index in [0.29, 0.717) is 27.8 Å². The Kier molecular flexibility index (Phi) is 9.18. The molecule has 1 saturated heterocycles. The van der Waals surface area contributed by atoms with Crippen LogP contribution < -0.4 is 10.5 Å². The van der Waals surface area contributed by atoms with E-state index >= 15 is 0 Å². The summed E-state index contributed by atoms with van der Waals surface area (Å²) in [4.78, 5) is 44.1. The van der Waals surface area contributed by atoms with Gasteiger partial charge in [0, 0.05) is 31.1 Å². The van der Waals surface area contributed by atoms with E-state index in [1.807, 2.05) is 4.98 Å². The van der Waals surface area contributed by atoms with Crippen LogP contribution in [0.3, 0.4) is 0 Å². The molecule has 3 aromatic rings. The van der Waals surface area contributed by atoms with Crippen molar-refractivity contribution in [1.82, 2.24) is 14.8 Å². The average Bonchev–Trinajstić information content (AvgIpc) is 3.39. The van der Waals surface area contributed by atoms with Crippen LogP contribution in [0.2, 0.25) is 10.0 Å². The largest absolute Gasteiger partial charge is 0.505 e. The van der Waals surface area contributed by atoms with E-state index in [-0.39, 0.29) is 64.4 Å². The van der Waals surface area contributed by atoms with Gasteiger partial charge in [0.1, 0.15) is 29.4 Å². The van der Waals surface area contributed by atoms with Gasteiger partial charge in [-0.05, 0) is 65.9 Å². The Morgan fingerprint density at radius 2 is 1.78 bits per heavy atom. The highest BCUT2D eigenvalue weighted by atomic mass is 35.5. The van der Waals surface area contributed by atoms with E-state index < -0.39 is 57.7 Å². The Morgan fingerprint density at radius 1 is 1.09 bits per heavy atom. The third-order valence-corrected chi connectivity index (χ3v) is 9.73. The van der Waals surface area contributed by atoms with E-state index in [4.69, 9.17) is 34.8 Å². The number of aromatic hydroxyl groups is 1. The number of phenolic OH excluding ortho intramolecular Hbond substituents is 1. The molecule has 246 valence electrons. The molecule has 2 aliphatic heterocycles. The summed E-state index contributed by atoms with van der Waals surface area (Å²) in [6.45, 7) is -0.426. The molecule has 2 N–H and O–H groups in total. The lowest BCUT2D eigenvalue weighted by Gasteiger charge is -2.36. The number of anilines is 1. The standard InChI is InChI=1S/C28H21Cl3F6N4O4S/c1-12-14-10-40(9-13(14)7-17(22(12)42)41-6-2-5-39(26(41)45)11-27(33,34)35)25(44)20-18(8-19(28(31,36)37)38-24(20)43)46-23-15(29)3-4-16(32)21(23)30/h3-4,7-8,42H,2,5-6,9-11H2,1H3,(H,38,43).